The molecule has 2 aromatic heterocycles. The van der Waals surface area contributed by atoms with Gasteiger partial charge in [0.15, 0.2) is 0 Å². The molecule has 4 heterocycles. The standard InChI is InChI=1S/C24H20N6O4/c1-25-19(31)27-17-13-14-23(29(27)21(25)33)18(17)28-20(32)26(2)22(34)30(28)24(23,15-9-5-3-6-10-15)16-11-7-4-8-12-16/h3-14,17-18H,1-2H3. The number of nitrogens with zero attached hydrogens (tertiary/aromatic N) is 6. The molecule has 0 N–H and O–H groups in total. The van der Waals surface area contributed by atoms with Crippen molar-refractivity contribution in [1.82, 2.24) is 27.9 Å². The third-order valence-corrected chi connectivity index (χ3v) is 7.83. The lowest BCUT2D eigenvalue weighted by molar-refractivity contribution is 0.198. The molecule has 3 atom stereocenters. The smallest absolute Gasteiger partial charge is 0.246 e. The number of benzene rings is 2. The van der Waals surface area contributed by atoms with E-state index in [1.807, 2.05) is 72.8 Å². The molecule has 0 spiro atoms. The molecule has 2 bridgehead atoms. The van der Waals surface area contributed by atoms with E-state index in [0.717, 1.165) is 20.3 Å². The third kappa shape index (κ3) is 1.67. The van der Waals surface area contributed by atoms with E-state index in [4.69, 9.17) is 0 Å². The van der Waals surface area contributed by atoms with Gasteiger partial charge < -0.3 is 0 Å². The molecule has 4 aromatic rings. The lowest BCUT2D eigenvalue weighted by Crippen LogP contribution is -2.59. The Balaban J connectivity index is 1.80. The van der Waals surface area contributed by atoms with Gasteiger partial charge >= 0.3 is 22.8 Å². The van der Waals surface area contributed by atoms with E-state index in [1.54, 1.807) is 0 Å². The van der Waals surface area contributed by atoms with E-state index in [0.29, 0.717) is 0 Å². The van der Waals surface area contributed by atoms with Crippen LogP contribution in [0.15, 0.2) is 92.0 Å². The number of allylic oxidation sites excluding steroid dienone is 2. The van der Waals surface area contributed by atoms with Crippen molar-refractivity contribution in [1.29, 1.82) is 0 Å². The van der Waals surface area contributed by atoms with Crippen LogP contribution in [0.3, 0.4) is 0 Å². The highest BCUT2D eigenvalue weighted by atomic mass is 16.2. The Kier molecular flexibility index (Phi) is 3.25. The van der Waals surface area contributed by atoms with Crippen LogP contribution >= 0.6 is 0 Å². The van der Waals surface area contributed by atoms with Gasteiger partial charge in [0, 0.05) is 14.1 Å². The highest BCUT2D eigenvalue weighted by Gasteiger charge is 2.75. The molecule has 3 aliphatic rings. The van der Waals surface area contributed by atoms with E-state index in [1.165, 1.54) is 32.8 Å². The zero-order chi connectivity index (χ0) is 23.6. The molecule has 3 unspecified atom stereocenters. The molecule has 1 aliphatic carbocycles. The zero-order valence-electron chi connectivity index (χ0n) is 18.4. The summed E-state index contributed by atoms with van der Waals surface area (Å²) in [6.07, 6.45) is 3.78. The van der Waals surface area contributed by atoms with Crippen molar-refractivity contribution < 1.29 is 0 Å². The predicted molar refractivity (Wildman–Crippen MR) is 122 cm³/mol. The summed E-state index contributed by atoms with van der Waals surface area (Å²) < 4.78 is 8.00. The molecule has 0 radical (unpaired) electrons. The van der Waals surface area contributed by atoms with Gasteiger partial charge in [-0.3, -0.25) is 0 Å². The van der Waals surface area contributed by atoms with Crippen molar-refractivity contribution in [3.8, 4) is 0 Å². The van der Waals surface area contributed by atoms with Crippen LogP contribution in [-0.2, 0) is 25.2 Å². The van der Waals surface area contributed by atoms with Crippen LogP contribution in [0.25, 0.3) is 0 Å². The summed E-state index contributed by atoms with van der Waals surface area (Å²) in [5.41, 5.74) is -3.01. The van der Waals surface area contributed by atoms with Gasteiger partial charge in [0.1, 0.15) is 17.1 Å². The van der Waals surface area contributed by atoms with E-state index >= 15 is 0 Å². The first-order valence-corrected chi connectivity index (χ1v) is 11.0. The lowest BCUT2D eigenvalue weighted by Gasteiger charge is -2.43. The average molecular weight is 456 g/mol. The fourth-order valence-corrected chi connectivity index (χ4v) is 6.60. The normalized spacial score (nSPS) is 24.9. The summed E-state index contributed by atoms with van der Waals surface area (Å²) in [4.78, 5) is 54.0. The van der Waals surface area contributed by atoms with Crippen LogP contribution in [0.4, 0.5) is 0 Å². The molecule has 7 rings (SSSR count). The Morgan fingerprint density at radius 1 is 0.647 bits per heavy atom. The maximum absolute atomic E-state index is 13.7. The fourth-order valence-electron chi connectivity index (χ4n) is 6.60. The van der Waals surface area contributed by atoms with Crippen LogP contribution in [0.5, 0.6) is 0 Å². The largest absolute Gasteiger partial charge is 0.348 e. The summed E-state index contributed by atoms with van der Waals surface area (Å²) in [5, 5.41) is 0. The van der Waals surface area contributed by atoms with Gasteiger partial charge in [-0.15, -0.1) is 0 Å². The van der Waals surface area contributed by atoms with E-state index in [2.05, 4.69) is 0 Å². The molecule has 0 amide bonds. The molecule has 10 nitrogen and oxygen atoms in total. The highest BCUT2D eigenvalue weighted by molar-refractivity contribution is 5.51. The van der Waals surface area contributed by atoms with Crippen molar-refractivity contribution in [3.05, 3.63) is 126 Å². The summed E-state index contributed by atoms with van der Waals surface area (Å²) in [7, 11) is 2.90. The van der Waals surface area contributed by atoms with Gasteiger partial charge in [0.05, 0.1) is 6.04 Å². The molecule has 0 fully saturated rings. The number of hydrogen-bond donors (Lipinski definition) is 0. The van der Waals surface area contributed by atoms with Gasteiger partial charge in [0.2, 0.25) is 0 Å². The van der Waals surface area contributed by atoms with Gasteiger partial charge in [-0.05, 0) is 11.1 Å². The maximum Gasteiger partial charge on any atom is 0.348 e. The monoisotopic (exact) mass is 456 g/mol. The van der Waals surface area contributed by atoms with Crippen molar-refractivity contribution in [2.75, 3.05) is 0 Å². The SMILES string of the molecule is Cn1c(=O)n2n(c1=O)C(c1ccccc1)(c1ccccc1)C13C=CC(C21)n1c(=O)n(C)c(=O)n13. The molecule has 34 heavy (non-hydrogen) atoms. The number of rotatable bonds is 2. The van der Waals surface area contributed by atoms with E-state index in [9.17, 15) is 19.2 Å². The van der Waals surface area contributed by atoms with Crippen LogP contribution < -0.4 is 22.8 Å². The van der Waals surface area contributed by atoms with E-state index in [-0.39, 0.29) is 0 Å². The van der Waals surface area contributed by atoms with Crippen molar-refractivity contribution in [2.24, 2.45) is 14.1 Å². The average Bonchev–Trinajstić information content (AvgIpc) is 3.57. The molecular weight excluding hydrogens is 436 g/mol. The molecule has 170 valence electrons. The second-order valence-electron chi connectivity index (χ2n) is 9.12. The Bertz CT molecular complexity index is 1740. The number of hydrogen-bond acceptors (Lipinski definition) is 4. The summed E-state index contributed by atoms with van der Waals surface area (Å²) in [6.45, 7) is 0. The van der Waals surface area contributed by atoms with Crippen LogP contribution in [0.1, 0.15) is 23.2 Å². The van der Waals surface area contributed by atoms with Gasteiger partial charge in [-0.1, -0.05) is 72.8 Å². The Labute approximate surface area is 191 Å². The molecule has 0 saturated carbocycles. The summed E-state index contributed by atoms with van der Waals surface area (Å²) >= 11 is 0. The molecule has 2 aliphatic heterocycles. The molecule has 2 aromatic carbocycles. The van der Waals surface area contributed by atoms with Crippen LogP contribution in [0.2, 0.25) is 0 Å². The summed E-state index contributed by atoms with van der Waals surface area (Å²) in [5.74, 6) is 0. The van der Waals surface area contributed by atoms with Crippen molar-refractivity contribution in [3.63, 3.8) is 0 Å². The quantitative estimate of drug-likeness (QED) is 0.393. The third-order valence-electron chi connectivity index (χ3n) is 7.83. The molecule has 0 saturated heterocycles. The highest BCUT2D eigenvalue weighted by Crippen LogP contribution is 2.64. The number of fused-ring (bicyclic) bond motifs is 3. The summed E-state index contributed by atoms with van der Waals surface area (Å²) in [6, 6.07) is 17.5. The fraction of sp³-hybridized carbons (Fsp3) is 0.250. The maximum atomic E-state index is 13.7. The van der Waals surface area contributed by atoms with Gasteiger partial charge in [0.25, 0.3) is 0 Å². The topological polar surface area (TPSA) is 97.9 Å². The van der Waals surface area contributed by atoms with Crippen LogP contribution in [-0.4, -0.2) is 27.9 Å². The Hall–Kier alpha value is -4.34. The van der Waals surface area contributed by atoms with Gasteiger partial charge in [-0.2, -0.15) is 0 Å². The van der Waals surface area contributed by atoms with Crippen LogP contribution in [0, 0.1) is 0 Å². The minimum atomic E-state index is -1.31. The van der Waals surface area contributed by atoms with Crippen molar-refractivity contribution >= 4 is 0 Å². The first kappa shape index (κ1) is 19.2. The van der Waals surface area contributed by atoms with Crippen molar-refractivity contribution in [2.45, 2.75) is 23.2 Å². The number of aromatic nitrogens is 6. The predicted octanol–water partition coefficient (Wildman–Crippen LogP) is -0.123. The first-order valence-electron chi connectivity index (χ1n) is 11.0. The minimum absolute atomic E-state index is 0.457. The Morgan fingerprint density at radius 3 is 1.71 bits per heavy atom. The molecule has 10 heteroatoms. The Morgan fingerprint density at radius 2 is 1.15 bits per heavy atom. The minimum Gasteiger partial charge on any atom is -0.246 e. The lowest BCUT2D eigenvalue weighted by atomic mass is 9.67. The first-order chi connectivity index (χ1) is 16.4. The van der Waals surface area contributed by atoms with Gasteiger partial charge in [-0.25, -0.2) is 47.0 Å². The second-order valence-corrected chi connectivity index (χ2v) is 9.12. The zero-order valence-corrected chi connectivity index (χ0v) is 18.4. The second kappa shape index (κ2) is 5.77. The van der Waals surface area contributed by atoms with E-state index < -0.39 is 45.9 Å². The molecular formula is C24H20N6O4.